The van der Waals surface area contributed by atoms with E-state index < -0.39 is 0 Å². The van der Waals surface area contributed by atoms with Crippen molar-refractivity contribution in [2.45, 2.75) is 12.6 Å². The summed E-state index contributed by atoms with van der Waals surface area (Å²) in [6.07, 6.45) is 0. The van der Waals surface area contributed by atoms with Crippen molar-refractivity contribution in [1.82, 2.24) is 9.80 Å². The van der Waals surface area contributed by atoms with Crippen molar-refractivity contribution >= 4 is 0 Å². The van der Waals surface area contributed by atoms with Crippen LogP contribution in [0, 0.1) is 0 Å². The van der Waals surface area contributed by atoms with Crippen LogP contribution < -0.4 is 5.73 Å². The maximum Gasteiger partial charge on any atom is 0.0783 e. The van der Waals surface area contributed by atoms with Crippen LogP contribution in [-0.2, 0) is 0 Å². The van der Waals surface area contributed by atoms with Crippen molar-refractivity contribution in [1.29, 1.82) is 0 Å². The smallest absolute Gasteiger partial charge is 0.0783 e. The SMILES string of the molecule is CN(C)CC(C)(N)N(C)C. The molecule has 3 heteroatoms. The molecule has 0 fully saturated rings. The predicted molar refractivity (Wildman–Crippen MR) is 44.8 cm³/mol. The van der Waals surface area contributed by atoms with Gasteiger partial charge in [0.05, 0.1) is 5.66 Å². The molecule has 0 radical (unpaired) electrons. The average molecular weight is 145 g/mol. The third-order valence-electron chi connectivity index (χ3n) is 1.66. The van der Waals surface area contributed by atoms with Gasteiger partial charge in [0.25, 0.3) is 0 Å². The van der Waals surface area contributed by atoms with E-state index in [1.165, 1.54) is 0 Å². The zero-order chi connectivity index (χ0) is 8.36. The summed E-state index contributed by atoms with van der Waals surface area (Å²) in [5, 5.41) is 0. The zero-order valence-corrected chi connectivity index (χ0v) is 7.68. The first kappa shape index (κ1) is 9.88. The molecule has 0 amide bonds. The Morgan fingerprint density at radius 3 is 1.70 bits per heavy atom. The van der Waals surface area contributed by atoms with E-state index in [1.54, 1.807) is 0 Å². The van der Waals surface area contributed by atoms with Crippen LogP contribution in [0.5, 0.6) is 0 Å². The van der Waals surface area contributed by atoms with E-state index in [2.05, 4.69) is 4.90 Å². The number of hydrogen-bond donors (Lipinski definition) is 1. The zero-order valence-electron chi connectivity index (χ0n) is 7.68. The maximum absolute atomic E-state index is 5.94. The van der Waals surface area contributed by atoms with Gasteiger partial charge < -0.3 is 10.6 Å². The van der Waals surface area contributed by atoms with Crippen LogP contribution in [0.2, 0.25) is 0 Å². The van der Waals surface area contributed by atoms with Crippen molar-refractivity contribution < 1.29 is 0 Å². The van der Waals surface area contributed by atoms with Crippen molar-refractivity contribution in [3.8, 4) is 0 Å². The second-order valence-electron chi connectivity index (χ2n) is 3.49. The van der Waals surface area contributed by atoms with Gasteiger partial charge in [-0.05, 0) is 35.1 Å². The maximum atomic E-state index is 5.94. The summed E-state index contributed by atoms with van der Waals surface area (Å²) in [5.74, 6) is 0. The topological polar surface area (TPSA) is 32.5 Å². The van der Waals surface area contributed by atoms with Crippen LogP contribution >= 0.6 is 0 Å². The lowest BCUT2D eigenvalue weighted by Crippen LogP contribution is -2.56. The van der Waals surface area contributed by atoms with Gasteiger partial charge in [0, 0.05) is 6.54 Å². The molecular weight excluding hydrogens is 126 g/mol. The van der Waals surface area contributed by atoms with E-state index in [9.17, 15) is 0 Å². The van der Waals surface area contributed by atoms with Crippen LogP contribution in [0.4, 0.5) is 0 Å². The van der Waals surface area contributed by atoms with Gasteiger partial charge in [-0.2, -0.15) is 0 Å². The van der Waals surface area contributed by atoms with Gasteiger partial charge in [0.15, 0.2) is 0 Å². The second kappa shape index (κ2) is 3.32. The molecule has 0 bridgehead atoms. The Hall–Kier alpha value is -0.120. The first-order chi connectivity index (χ1) is 4.36. The van der Waals surface area contributed by atoms with Crippen molar-refractivity contribution in [2.75, 3.05) is 34.7 Å². The second-order valence-corrected chi connectivity index (χ2v) is 3.49. The number of nitrogens with two attached hydrogens (primary N) is 1. The third kappa shape index (κ3) is 3.15. The lowest BCUT2D eigenvalue weighted by molar-refractivity contribution is 0.135. The van der Waals surface area contributed by atoms with Crippen LogP contribution in [0.3, 0.4) is 0 Å². The molecule has 1 atom stereocenters. The Labute approximate surface area is 63.8 Å². The summed E-state index contributed by atoms with van der Waals surface area (Å²) in [5.41, 5.74) is 5.73. The van der Waals surface area contributed by atoms with Gasteiger partial charge in [-0.25, -0.2) is 0 Å². The summed E-state index contributed by atoms with van der Waals surface area (Å²) < 4.78 is 0. The molecule has 0 saturated carbocycles. The van der Waals surface area contributed by atoms with E-state index in [1.807, 2.05) is 40.0 Å². The van der Waals surface area contributed by atoms with Crippen molar-refractivity contribution in [2.24, 2.45) is 5.73 Å². The molecule has 0 aromatic rings. The molecule has 0 aliphatic carbocycles. The van der Waals surface area contributed by atoms with Gasteiger partial charge in [-0.15, -0.1) is 0 Å². The van der Waals surface area contributed by atoms with Crippen LogP contribution in [0.15, 0.2) is 0 Å². The molecule has 0 aliphatic heterocycles. The van der Waals surface area contributed by atoms with E-state index in [0.717, 1.165) is 6.54 Å². The fourth-order valence-corrected chi connectivity index (χ4v) is 0.782. The van der Waals surface area contributed by atoms with Gasteiger partial charge in [0.1, 0.15) is 0 Å². The molecule has 0 spiro atoms. The normalized spacial score (nSPS) is 18.0. The average Bonchev–Trinajstić information content (AvgIpc) is 1.60. The largest absolute Gasteiger partial charge is 0.312 e. The Morgan fingerprint density at radius 2 is 1.60 bits per heavy atom. The first-order valence-corrected chi connectivity index (χ1v) is 3.47. The van der Waals surface area contributed by atoms with Crippen molar-refractivity contribution in [3.05, 3.63) is 0 Å². The van der Waals surface area contributed by atoms with Gasteiger partial charge in [-0.1, -0.05) is 0 Å². The highest BCUT2D eigenvalue weighted by Gasteiger charge is 2.20. The predicted octanol–water partition coefficient (Wildman–Crippen LogP) is -0.215. The van der Waals surface area contributed by atoms with E-state index in [4.69, 9.17) is 5.73 Å². The minimum atomic E-state index is -0.219. The van der Waals surface area contributed by atoms with Crippen molar-refractivity contribution in [3.63, 3.8) is 0 Å². The number of likely N-dealkylation sites (N-methyl/N-ethyl adjacent to an activating group) is 2. The minimum absolute atomic E-state index is 0.219. The molecule has 3 nitrogen and oxygen atoms in total. The lowest BCUT2D eigenvalue weighted by atomic mass is 10.2. The summed E-state index contributed by atoms with van der Waals surface area (Å²) in [6, 6.07) is 0. The molecule has 62 valence electrons. The van der Waals surface area contributed by atoms with Crippen LogP contribution in [-0.4, -0.2) is 50.2 Å². The molecule has 1 unspecified atom stereocenters. The highest BCUT2D eigenvalue weighted by atomic mass is 15.3. The third-order valence-corrected chi connectivity index (χ3v) is 1.66. The summed E-state index contributed by atoms with van der Waals surface area (Å²) in [6.45, 7) is 2.90. The monoisotopic (exact) mass is 145 g/mol. The molecule has 0 heterocycles. The van der Waals surface area contributed by atoms with E-state index >= 15 is 0 Å². The van der Waals surface area contributed by atoms with E-state index in [-0.39, 0.29) is 5.66 Å². The number of hydrogen-bond acceptors (Lipinski definition) is 3. The molecule has 2 N–H and O–H groups in total. The Morgan fingerprint density at radius 1 is 1.20 bits per heavy atom. The summed E-state index contributed by atoms with van der Waals surface area (Å²) in [7, 11) is 8.02. The summed E-state index contributed by atoms with van der Waals surface area (Å²) >= 11 is 0. The van der Waals surface area contributed by atoms with Gasteiger partial charge in [0.2, 0.25) is 0 Å². The van der Waals surface area contributed by atoms with Crippen LogP contribution in [0.1, 0.15) is 6.92 Å². The Bertz CT molecular complexity index is 97.0. The minimum Gasteiger partial charge on any atom is -0.312 e. The molecule has 0 aliphatic rings. The van der Waals surface area contributed by atoms with E-state index in [0.29, 0.717) is 0 Å². The Balaban J connectivity index is 3.87. The number of rotatable bonds is 3. The van der Waals surface area contributed by atoms with Crippen LogP contribution in [0.25, 0.3) is 0 Å². The standard InChI is InChI=1S/C7H19N3/c1-7(8,10(4)5)6-9(2)3/h6,8H2,1-5H3. The highest BCUT2D eigenvalue weighted by molar-refractivity contribution is 4.77. The molecular formula is C7H19N3. The molecule has 0 aromatic heterocycles. The molecule has 10 heavy (non-hydrogen) atoms. The van der Waals surface area contributed by atoms with Gasteiger partial charge in [-0.3, -0.25) is 4.90 Å². The molecule has 0 saturated heterocycles. The Kier molecular flexibility index (Phi) is 3.28. The first-order valence-electron chi connectivity index (χ1n) is 3.47. The molecule has 0 aromatic carbocycles. The number of nitrogens with zero attached hydrogens (tertiary/aromatic N) is 2. The fraction of sp³-hybridized carbons (Fsp3) is 1.00. The molecule has 0 rings (SSSR count). The fourth-order valence-electron chi connectivity index (χ4n) is 0.782. The quantitative estimate of drug-likeness (QED) is 0.557. The lowest BCUT2D eigenvalue weighted by Gasteiger charge is -2.34. The van der Waals surface area contributed by atoms with Gasteiger partial charge >= 0.3 is 0 Å². The highest BCUT2D eigenvalue weighted by Crippen LogP contribution is 2.02. The summed E-state index contributed by atoms with van der Waals surface area (Å²) in [4.78, 5) is 4.10.